The predicted molar refractivity (Wildman–Crippen MR) is 133 cm³/mol. The number of anilines is 1. The third-order valence-electron chi connectivity index (χ3n) is 5.23. The number of ether oxygens (including phenoxy) is 2. The molecule has 1 aromatic heterocycles. The molecule has 0 unspecified atom stereocenters. The van der Waals surface area contributed by atoms with E-state index in [2.05, 4.69) is 18.7 Å². The molecular formula is C26H30N2O5S. The summed E-state index contributed by atoms with van der Waals surface area (Å²) in [5.74, 6) is -1.61. The molecule has 0 saturated carbocycles. The second-order valence-electron chi connectivity index (χ2n) is 7.33. The van der Waals surface area contributed by atoms with Crippen LogP contribution in [0.5, 0.6) is 0 Å². The van der Waals surface area contributed by atoms with E-state index >= 15 is 0 Å². The number of thiophene rings is 1. The van der Waals surface area contributed by atoms with E-state index in [9.17, 15) is 19.6 Å². The maximum atomic E-state index is 13.0. The molecule has 0 aliphatic heterocycles. The highest BCUT2D eigenvalue weighted by Gasteiger charge is 2.28. The number of Topliss-reactive ketones (excluding diaryl/α,β-unsaturated/α-hetero) is 1. The van der Waals surface area contributed by atoms with Crippen molar-refractivity contribution in [2.24, 2.45) is 0 Å². The van der Waals surface area contributed by atoms with Crippen LogP contribution in [0.15, 0.2) is 29.8 Å². The maximum absolute atomic E-state index is 13.0. The Kier molecular flexibility index (Phi) is 10.0. The second-order valence-corrected chi connectivity index (χ2v) is 8.43. The number of rotatable bonds is 11. The zero-order valence-electron chi connectivity index (χ0n) is 20.3. The maximum Gasteiger partial charge on any atom is 0.348 e. The van der Waals surface area contributed by atoms with Gasteiger partial charge in [0.25, 0.3) is 0 Å². The summed E-state index contributed by atoms with van der Waals surface area (Å²) in [6.45, 7) is 11.3. The standard InChI is InChI=1S/C26H30N2O5S/c1-6-28(7-2)20-12-10-18(11-13-20)14-19(16-27)21(29)15-22-23(25(30)32-8-3)17(5)24(34-22)26(31)33-9-4/h10-14H,6-9,15H2,1-5H3/b19-14+. The van der Waals surface area contributed by atoms with Gasteiger partial charge in [-0.15, -0.1) is 11.3 Å². The van der Waals surface area contributed by atoms with Gasteiger partial charge in [0.2, 0.25) is 0 Å². The number of hydrogen-bond donors (Lipinski definition) is 0. The first-order valence-electron chi connectivity index (χ1n) is 11.3. The normalized spacial score (nSPS) is 11.0. The molecule has 0 fully saturated rings. The van der Waals surface area contributed by atoms with Gasteiger partial charge in [0.15, 0.2) is 5.78 Å². The van der Waals surface area contributed by atoms with E-state index in [0.717, 1.165) is 35.7 Å². The Balaban J connectivity index is 2.36. The van der Waals surface area contributed by atoms with Gasteiger partial charge in [-0.05, 0) is 64.0 Å². The summed E-state index contributed by atoms with van der Waals surface area (Å²) in [6.07, 6.45) is 1.33. The molecular weight excluding hydrogens is 452 g/mol. The third-order valence-corrected chi connectivity index (χ3v) is 6.51. The van der Waals surface area contributed by atoms with Gasteiger partial charge >= 0.3 is 11.9 Å². The van der Waals surface area contributed by atoms with Gasteiger partial charge in [0.1, 0.15) is 10.9 Å². The van der Waals surface area contributed by atoms with Crippen LogP contribution >= 0.6 is 11.3 Å². The summed E-state index contributed by atoms with van der Waals surface area (Å²) in [5.41, 5.74) is 2.35. The van der Waals surface area contributed by atoms with Crippen LogP contribution in [0.1, 0.15) is 63.7 Å². The third kappa shape index (κ3) is 6.33. The zero-order chi connectivity index (χ0) is 25.3. The van der Waals surface area contributed by atoms with Crippen LogP contribution < -0.4 is 4.90 Å². The first-order chi connectivity index (χ1) is 16.3. The van der Waals surface area contributed by atoms with Crippen molar-refractivity contribution < 1.29 is 23.9 Å². The first kappa shape index (κ1) is 26.8. The molecule has 34 heavy (non-hydrogen) atoms. The fourth-order valence-electron chi connectivity index (χ4n) is 3.51. The molecule has 0 amide bonds. The molecule has 1 aromatic carbocycles. The molecule has 0 aliphatic carbocycles. The van der Waals surface area contributed by atoms with Crippen LogP contribution in [0, 0.1) is 18.3 Å². The number of benzene rings is 1. The number of nitriles is 1. The van der Waals surface area contributed by atoms with Gasteiger partial charge < -0.3 is 14.4 Å². The van der Waals surface area contributed by atoms with E-state index in [1.165, 1.54) is 6.08 Å². The highest BCUT2D eigenvalue weighted by atomic mass is 32.1. The van der Waals surface area contributed by atoms with Gasteiger partial charge in [-0.1, -0.05) is 12.1 Å². The second kappa shape index (κ2) is 12.7. The highest BCUT2D eigenvalue weighted by Crippen LogP contribution is 2.31. The minimum atomic E-state index is -0.607. The van der Waals surface area contributed by atoms with E-state index in [1.54, 1.807) is 20.8 Å². The van der Waals surface area contributed by atoms with Crippen LogP contribution in [0.3, 0.4) is 0 Å². The number of nitrogens with zero attached hydrogens (tertiary/aromatic N) is 2. The SMILES string of the molecule is CCOC(=O)c1sc(CC(=O)/C(C#N)=C/c2ccc(N(CC)CC)cc2)c(C(=O)OCC)c1C. The van der Waals surface area contributed by atoms with Crippen molar-refractivity contribution in [3.05, 3.63) is 56.3 Å². The summed E-state index contributed by atoms with van der Waals surface area (Å²) >= 11 is 1.02. The Morgan fingerprint density at radius 3 is 2.12 bits per heavy atom. The Labute approximate surface area is 204 Å². The van der Waals surface area contributed by atoms with Gasteiger partial charge in [-0.25, -0.2) is 9.59 Å². The summed E-state index contributed by atoms with van der Waals surface area (Å²) < 4.78 is 10.2. The van der Waals surface area contributed by atoms with Crippen molar-refractivity contribution in [3.63, 3.8) is 0 Å². The Bertz CT molecular complexity index is 1110. The van der Waals surface area contributed by atoms with Gasteiger partial charge in [-0.2, -0.15) is 5.26 Å². The van der Waals surface area contributed by atoms with Gasteiger partial charge in [-0.3, -0.25) is 4.79 Å². The van der Waals surface area contributed by atoms with E-state index in [1.807, 2.05) is 30.3 Å². The Hall–Kier alpha value is -3.44. The molecule has 0 atom stereocenters. The molecule has 2 rings (SSSR count). The van der Waals surface area contributed by atoms with Crippen molar-refractivity contribution in [1.29, 1.82) is 5.26 Å². The molecule has 2 aromatic rings. The fraction of sp³-hybridized carbons (Fsp3) is 0.385. The number of carbonyl (C=O) groups is 3. The number of carbonyl (C=O) groups excluding carboxylic acids is 3. The summed E-state index contributed by atoms with van der Waals surface area (Å²) in [6, 6.07) is 9.58. The number of ketones is 1. The molecule has 1 heterocycles. The Morgan fingerprint density at radius 2 is 1.59 bits per heavy atom. The average Bonchev–Trinajstić information content (AvgIpc) is 3.15. The summed E-state index contributed by atoms with van der Waals surface area (Å²) in [4.78, 5) is 40.7. The summed E-state index contributed by atoms with van der Waals surface area (Å²) in [5, 5.41) is 9.63. The van der Waals surface area contributed by atoms with Gasteiger partial charge in [0, 0.05) is 30.1 Å². The molecule has 0 N–H and O–H groups in total. The molecule has 8 heteroatoms. The lowest BCUT2D eigenvalue weighted by atomic mass is 10.0. The fourth-order valence-corrected chi connectivity index (χ4v) is 4.70. The minimum Gasteiger partial charge on any atom is -0.462 e. The largest absolute Gasteiger partial charge is 0.462 e. The van der Waals surface area contributed by atoms with Gasteiger partial charge in [0.05, 0.1) is 24.4 Å². The van der Waals surface area contributed by atoms with Crippen LogP contribution in [0.2, 0.25) is 0 Å². The molecule has 0 bridgehead atoms. The highest BCUT2D eigenvalue weighted by molar-refractivity contribution is 7.14. The molecule has 7 nitrogen and oxygen atoms in total. The van der Waals surface area contributed by atoms with Crippen molar-refractivity contribution in [1.82, 2.24) is 0 Å². The number of esters is 2. The van der Waals surface area contributed by atoms with Crippen molar-refractivity contribution in [3.8, 4) is 6.07 Å². The molecule has 0 aliphatic rings. The van der Waals surface area contributed by atoms with Crippen molar-refractivity contribution in [2.45, 2.75) is 41.0 Å². The van der Waals surface area contributed by atoms with E-state index in [4.69, 9.17) is 9.47 Å². The van der Waals surface area contributed by atoms with Crippen LogP contribution in [0.4, 0.5) is 5.69 Å². The van der Waals surface area contributed by atoms with Crippen molar-refractivity contribution in [2.75, 3.05) is 31.2 Å². The van der Waals surface area contributed by atoms with Crippen LogP contribution in [-0.4, -0.2) is 44.0 Å². The molecule has 180 valence electrons. The quantitative estimate of drug-likeness (QED) is 0.253. The van der Waals surface area contributed by atoms with Crippen molar-refractivity contribution >= 4 is 40.8 Å². The minimum absolute atomic E-state index is 0.0332. The lowest BCUT2D eigenvalue weighted by Crippen LogP contribution is -2.21. The zero-order valence-corrected chi connectivity index (χ0v) is 21.1. The average molecular weight is 483 g/mol. The molecule has 0 spiro atoms. The van der Waals surface area contributed by atoms with E-state index < -0.39 is 17.7 Å². The first-order valence-corrected chi connectivity index (χ1v) is 12.1. The van der Waals surface area contributed by atoms with Crippen LogP contribution in [0.25, 0.3) is 6.08 Å². The molecule has 0 radical (unpaired) electrons. The topological polar surface area (TPSA) is 96.7 Å². The Morgan fingerprint density at radius 1 is 1.00 bits per heavy atom. The lowest BCUT2D eigenvalue weighted by Gasteiger charge is -2.20. The van der Waals surface area contributed by atoms with E-state index in [-0.39, 0.29) is 35.6 Å². The lowest BCUT2D eigenvalue weighted by molar-refractivity contribution is -0.114. The van der Waals surface area contributed by atoms with Crippen LogP contribution in [-0.2, 0) is 20.7 Å². The van der Waals surface area contributed by atoms with E-state index in [0.29, 0.717) is 10.4 Å². The summed E-state index contributed by atoms with van der Waals surface area (Å²) in [7, 11) is 0. The predicted octanol–water partition coefficient (Wildman–Crippen LogP) is 4.97. The number of allylic oxidation sites excluding steroid dienone is 1. The smallest absolute Gasteiger partial charge is 0.348 e. The number of hydrogen-bond acceptors (Lipinski definition) is 8. The monoisotopic (exact) mass is 482 g/mol. The molecule has 0 saturated heterocycles.